The van der Waals surface area contributed by atoms with Crippen LogP contribution in [0, 0.1) is 11.3 Å². The molecular formula is C25H19BrCl2N2O4. The average molecular weight is 562 g/mol. The van der Waals surface area contributed by atoms with Gasteiger partial charge in [0.1, 0.15) is 35.5 Å². The molecule has 3 aromatic carbocycles. The number of carbonyl (C=O) groups excluding carboxylic acids is 1. The first kappa shape index (κ1) is 25.4. The van der Waals surface area contributed by atoms with Crippen LogP contribution < -0.4 is 19.5 Å². The van der Waals surface area contributed by atoms with Crippen LogP contribution in [0.5, 0.6) is 17.2 Å². The molecule has 1 amide bonds. The summed E-state index contributed by atoms with van der Waals surface area (Å²) >= 11 is 15.6. The van der Waals surface area contributed by atoms with E-state index in [1.807, 2.05) is 24.3 Å². The molecule has 6 nitrogen and oxygen atoms in total. The number of halogens is 3. The number of rotatable bonds is 8. The SMILES string of the molecule is COc1cc(NC(=O)/C(C#N)=C/c2cc(Br)ccc2OCc2cccc(Cl)c2)c(OC)cc1Cl. The fraction of sp³-hybridized carbons (Fsp3) is 0.120. The lowest BCUT2D eigenvalue weighted by Crippen LogP contribution is -2.14. The Balaban J connectivity index is 1.88. The van der Waals surface area contributed by atoms with Crippen molar-refractivity contribution >= 4 is 56.8 Å². The van der Waals surface area contributed by atoms with Crippen LogP contribution in [0.2, 0.25) is 10.0 Å². The van der Waals surface area contributed by atoms with Crippen LogP contribution in [0.1, 0.15) is 11.1 Å². The van der Waals surface area contributed by atoms with Crippen molar-refractivity contribution in [2.24, 2.45) is 0 Å². The second-order valence-electron chi connectivity index (χ2n) is 6.91. The highest BCUT2D eigenvalue weighted by Gasteiger charge is 2.16. The maximum atomic E-state index is 12.9. The zero-order chi connectivity index (χ0) is 24.7. The quantitative estimate of drug-likeness (QED) is 0.239. The smallest absolute Gasteiger partial charge is 0.266 e. The molecule has 0 bridgehead atoms. The molecule has 0 aliphatic heterocycles. The van der Waals surface area contributed by atoms with E-state index < -0.39 is 5.91 Å². The summed E-state index contributed by atoms with van der Waals surface area (Å²) in [6.07, 6.45) is 1.45. The Labute approximate surface area is 215 Å². The molecule has 0 saturated heterocycles. The molecule has 0 spiro atoms. The number of nitrogens with zero attached hydrogens (tertiary/aromatic N) is 1. The minimum absolute atomic E-state index is 0.137. The van der Waals surface area contributed by atoms with E-state index in [4.69, 9.17) is 37.4 Å². The first-order valence-electron chi connectivity index (χ1n) is 9.86. The summed E-state index contributed by atoms with van der Waals surface area (Å²) in [6.45, 7) is 0.263. The summed E-state index contributed by atoms with van der Waals surface area (Å²) in [5, 5.41) is 13.3. The number of methoxy groups -OCH3 is 2. The number of ether oxygens (including phenoxy) is 3. The number of carbonyl (C=O) groups is 1. The molecule has 0 atom stereocenters. The maximum absolute atomic E-state index is 12.9. The van der Waals surface area contributed by atoms with Gasteiger partial charge in [-0.15, -0.1) is 0 Å². The number of anilines is 1. The van der Waals surface area contributed by atoms with Crippen molar-refractivity contribution in [2.45, 2.75) is 6.61 Å². The predicted molar refractivity (Wildman–Crippen MR) is 137 cm³/mol. The fourth-order valence-electron chi connectivity index (χ4n) is 3.00. The number of amides is 1. The number of benzene rings is 3. The third-order valence-corrected chi connectivity index (χ3v) is 5.67. The lowest BCUT2D eigenvalue weighted by molar-refractivity contribution is -0.112. The van der Waals surface area contributed by atoms with E-state index in [1.165, 1.54) is 32.4 Å². The molecule has 0 aliphatic carbocycles. The van der Waals surface area contributed by atoms with Gasteiger partial charge in [0.05, 0.1) is 24.9 Å². The number of hydrogen-bond acceptors (Lipinski definition) is 5. The van der Waals surface area contributed by atoms with E-state index in [0.29, 0.717) is 38.5 Å². The molecule has 0 unspecified atom stereocenters. The Morgan fingerprint density at radius 2 is 1.82 bits per heavy atom. The van der Waals surface area contributed by atoms with Gasteiger partial charge in [-0.3, -0.25) is 4.79 Å². The zero-order valence-electron chi connectivity index (χ0n) is 18.2. The van der Waals surface area contributed by atoms with Crippen molar-refractivity contribution in [1.29, 1.82) is 5.26 Å². The van der Waals surface area contributed by atoms with Crippen LogP contribution in [0.25, 0.3) is 6.08 Å². The topological polar surface area (TPSA) is 80.6 Å². The Hall–Kier alpha value is -3.18. The molecule has 0 aliphatic rings. The van der Waals surface area contributed by atoms with Crippen molar-refractivity contribution in [2.75, 3.05) is 19.5 Å². The van der Waals surface area contributed by atoms with Crippen LogP contribution in [0.3, 0.4) is 0 Å². The number of hydrogen-bond donors (Lipinski definition) is 1. The van der Waals surface area contributed by atoms with Crippen molar-refractivity contribution in [3.05, 3.63) is 85.8 Å². The van der Waals surface area contributed by atoms with Crippen LogP contribution in [-0.2, 0) is 11.4 Å². The van der Waals surface area contributed by atoms with Gasteiger partial charge in [-0.1, -0.05) is 51.3 Å². The normalized spacial score (nSPS) is 10.9. The summed E-state index contributed by atoms with van der Waals surface area (Å²) in [6, 6.07) is 17.6. The fourth-order valence-corrected chi connectivity index (χ4v) is 3.83. The van der Waals surface area contributed by atoms with Crippen molar-refractivity contribution in [3.8, 4) is 23.3 Å². The lowest BCUT2D eigenvalue weighted by Gasteiger charge is -2.13. The van der Waals surface area contributed by atoms with Crippen LogP contribution in [-0.4, -0.2) is 20.1 Å². The predicted octanol–water partition coefficient (Wildman–Crippen LogP) is 6.90. The summed E-state index contributed by atoms with van der Waals surface area (Å²) in [5.41, 5.74) is 1.60. The van der Waals surface area contributed by atoms with Gasteiger partial charge in [-0.2, -0.15) is 5.26 Å². The van der Waals surface area contributed by atoms with Gasteiger partial charge in [-0.25, -0.2) is 0 Å². The average Bonchev–Trinajstić information content (AvgIpc) is 2.82. The highest BCUT2D eigenvalue weighted by Crippen LogP contribution is 2.36. The highest BCUT2D eigenvalue weighted by atomic mass is 79.9. The molecule has 34 heavy (non-hydrogen) atoms. The van der Waals surface area contributed by atoms with Crippen LogP contribution in [0.15, 0.2) is 64.6 Å². The zero-order valence-corrected chi connectivity index (χ0v) is 21.3. The molecule has 3 aromatic rings. The summed E-state index contributed by atoms with van der Waals surface area (Å²) in [4.78, 5) is 12.9. The van der Waals surface area contributed by atoms with E-state index in [9.17, 15) is 10.1 Å². The van der Waals surface area contributed by atoms with E-state index in [2.05, 4.69) is 21.2 Å². The van der Waals surface area contributed by atoms with Crippen molar-refractivity contribution in [3.63, 3.8) is 0 Å². The monoisotopic (exact) mass is 560 g/mol. The van der Waals surface area contributed by atoms with E-state index in [1.54, 1.807) is 24.3 Å². The van der Waals surface area contributed by atoms with Crippen LogP contribution >= 0.6 is 39.1 Å². The minimum atomic E-state index is -0.633. The third kappa shape index (κ3) is 6.45. The molecule has 0 heterocycles. The van der Waals surface area contributed by atoms with Gasteiger partial charge < -0.3 is 19.5 Å². The third-order valence-electron chi connectivity index (χ3n) is 4.64. The second-order valence-corrected chi connectivity index (χ2v) is 8.67. The van der Waals surface area contributed by atoms with Gasteiger partial charge >= 0.3 is 0 Å². The van der Waals surface area contributed by atoms with E-state index in [-0.39, 0.29) is 12.2 Å². The van der Waals surface area contributed by atoms with Crippen LogP contribution in [0.4, 0.5) is 5.69 Å². The molecule has 1 N–H and O–H groups in total. The van der Waals surface area contributed by atoms with Crippen molar-refractivity contribution in [1.82, 2.24) is 0 Å². The van der Waals surface area contributed by atoms with Gasteiger partial charge in [0.2, 0.25) is 0 Å². The maximum Gasteiger partial charge on any atom is 0.266 e. The van der Waals surface area contributed by atoms with Gasteiger partial charge in [-0.05, 0) is 42.0 Å². The first-order valence-corrected chi connectivity index (χ1v) is 11.4. The van der Waals surface area contributed by atoms with Gasteiger partial charge in [0.25, 0.3) is 5.91 Å². The van der Waals surface area contributed by atoms with Crippen molar-refractivity contribution < 1.29 is 19.0 Å². The molecule has 0 saturated carbocycles. The van der Waals surface area contributed by atoms with Gasteiger partial charge in [0.15, 0.2) is 0 Å². The number of nitriles is 1. The minimum Gasteiger partial charge on any atom is -0.495 e. The molecule has 0 radical (unpaired) electrons. The molecule has 9 heteroatoms. The lowest BCUT2D eigenvalue weighted by atomic mass is 10.1. The van der Waals surface area contributed by atoms with E-state index in [0.717, 1.165) is 10.0 Å². The second kappa shape index (κ2) is 11.8. The Bertz CT molecular complexity index is 1290. The summed E-state index contributed by atoms with van der Waals surface area (Å²) in [5.74, 6) is 0.536. The molecule has 174 valence electrons. The number of nitrogens with one attached hydrogen (secondary N) is 1. The largest absolute Gasteiger partial charge is 0.495 e. The van der Waals surface area contributed by atoms with E-state index >= 15 is 0 Å². The standard InChI is InChI=1S/C25H19BrCl2N2O4/c1-32-23-12-21(24(33-2)11-20(23)28)30-25(31)17(13-29)9-16-10-18(26)6-7-22(16)34-14-15-4-3-5-19(27)8-15/h3-12H,14H2,1-2H3,(H,30,31)/b17-9+. The Morgan fingerprint density at radius 1 is 1.06 bits per heavy atom. The summed E-state index contributed by atoms with van der Waals surface area (Å²) in [7, 11) is 2.90. The molecule has 0 fully saturated rings. The van der Waals surface area contributed by atoms with Gasteiger partial charge in [0, 0.05) is 27.2 Å². The first-order chi connectivity index (χ1) is 16.3. The highest BCUT2D eigenvalue weighted by molar-refractivity contribution is 9.10. The Kier molecular flexibility index (Phi) is 8.83. The molecule has 3 rings (SSSR count). The molecule has 0 aromatic heterocycles. The Morgan fingerprint density at radius 3 is 2.50 bits per heavy atom. The summed E-state index contributed by atoms with van der Waals surface area (Å²) < 4.78 is 17.2. The molecular weight excluding hydrogens is 543 g/mol.